The Morgan fingerprint density at radius 2 is 1.88 bits per heavy atom. The maximum absolute atomic E-state index is 12.0. The molecule has 2 aromatic carbocycles. The van der Waals surface area contributed by atoms with Gasteiger partial charge in [-0.1, -0.05) is 46.3 Å². The maximum Gasteiger partial charge on any atom is 0.250 e. The van der Waals surface area contributed by atoms with Gasteiger partial charge in [0, 0.05) is 22.8 Å². The van der Waals surface area contributed by atoms with Crippen molar-refractivity contribution in [2.75, 3.05) is 11.1 Å². The van der Waals surface area contributed by atoms with E-state index in [1.165, 1.54) is 18.7 Å². The van der Waals surface area contributed by atoms with Crippen LogP contribution in [0.3, 0.4) is 0 Å². The third-order valence-electron chi connectivity index (χ3n) is 3.40. The highest BCUT2D eigenvalue weighted by molar-refractivity contribution is 9.10. The number of nitrogens with one attached hydrogen (secondary N) is 2. The molecule has 0 saturated heterocycles. The molecule has 2 N–H and O–H groups in total. The van der Waals surface area contributed by atoms with E-state index in [0.717, 1.165) is 21.4 Å². The Hall–Kier alpha value is -2.12. The number of amides is 2. The number of anilines is 1. The summed E-state index contributed by atoms with van der Waals surface area (Å²) in [5.74, 6) is 0.784. The molecule has 0 radical (unpaired) electrons. The van der Waals surface area contributed by atoms with Gasteiger partial charge in [-0.2, -0.15) is 5.10 Å². The standard InChI is InChI=1S/C19H20BrN3O2S/c1-13(15-7-5-8-17(10-15)21-14(2)24)22-23-19(25)12-26-11-16-6-3-4-9-18(16)20/h3-10H,11-12H2,1-2H3,(H,21,24)(H,23,25). The van der Waals surface area contributed by atoms with Crippen molar-refractivity contribution in [1.29, 1.82) is 0 Å². The SMILES string of the molecule is CC(=O)Nc1cccc(C(C)=NNC(=O)CSCc2ccccc2Br)c1. The zero-order chi connectivity index (χ0) is 18.9. The highest BCUT2D eigenvalue weighted by Gasteiger charge is 2.05. The third kappa shape index (κ3) is 6.65. The number of hydrogen-bond acceptors (Lipinski definition) is 4. The number of hydrogen-bond donors (Lipinski definition) is 2. The zero-order valence-electron chi connectivity index (χ0n) is 14.6. The van der Waals surface area contributed by atoms with Crippen LogP contribution in [-0.2, 0) is 15.3 Å². The van der Waals surface area contributed by atoms with E-state index in [0.29, 0.717) is 17.2 Å². The molecule has 0 bridgehead atoms. The second-order valence-electron chi connectivity index (χ2n) is 5.58. The van der Waals surface area contributed by atoms with E-state index >= 15 is 0 Å². The number of carbonyl (C=O) groups excluding carboxylic acids is 2. The van der Waals surface area contributed by atoms with Crippen molar-refractivity contribution < 1.29 is 9.59 Å². The number of halogens is 1. The fraction of sp³-hybridized carbons (Fsp3) is 0.211. The fourth-order valence-electron chi connectivity index (χ4n) is 2.14. The zero-order valence-corrected chi connectivity index (χ0v) is 17.0. The molecule has 0 aliphatic rings. The summed E-state index contributed by atoms with van der Waals surface area (Å²) in [5.41, 5.74) is 5.92. The van der Waals surface area contributed by atoms with Gasteiger partial charge in [0.1, 0.15) is 0 Å². The van der Waals surface area contributed by atoms with Crippen LogP contribution < -0.4 is 10.7 Å². The van der Waals surface area contributed by atoms with Crippen LogP contribution >= 0.6 is 27.7 Å². The number of thioether (sulfide) groups is 1. The lowest BCUT2D eigenvalue weighted by Crippen LogP contribution is -2.21. The second kappa shape index (κ2) is 10.1. The van der Waals surface area contributed by atoms with E-state index < -0.39 is 0 Å². The van der Waals surface area contributed by atoms with Gasteiger partial charge in [-0.15, -0.1) is 11.8 Å². The number of rotatable bonds is 7. The van der Waals surface area contributed by atoms with Crippen molar-refractivity contribution in [3.63, 3.8) is 0 Å². The van der Waals surface area contributed by atoms with Crippen molar-refractivity contribution in [2.45, 2.75) is 19.6 Å². The van der Waals surface area contributed by atoms with Crippen molar-refractivity contribution in [2.24, 2.45) is 5.10 Å². The van der Waals surface area contributed by atoms with E-state index in [4.69, 9.17) is 0 Å². The molecule has 26 heavy (non-hydrogen) atoms. The minimum atomic E-state index is -0.153. The average Bonchev–Trinajstić information content (AvgIpc) is 2.61. The lowest BCUT2D eigenvalue weighted by atomic mass is 10.1. The highest BCUT2D eigenvalue weighted by atomic mass is 79.9. The van der Waals surface area contributed by atoms with Crippen LogP contribution in [0.5, 0.6) is 0 Å². The molecule has 0 saturated carbocycles. The van der Waals surface area contributed by atoms with E-state index in [-0.39, 0.29) is 11.8 Å². The molecule has 136 valence electrons. The van der Waals surface area contributed by atoms with Gasteiger partial charge in [-0.3, -0.25) is 9.59 Å². The van der Waals surface area contributed by atoms with Crippen LogP contribution in [0.2, 0.25) is 0 Å². The molecule has 0 atom stereocenters. The Kier molecular flexibility index (Phi) is 7.87. The number of nitrogens with zero attached hydrogens (tertiary/aromatic N) is 1. The van der Waals surface area contributed by atoms with Crippen LogP contribution in [0.15, 0.2) is 58.1 Å². The summed E-state index contributed by atoms with van der Waals surface area (Å²) in [6.45, 7) is 3.26. The number of benzene rings is 2. The Labute approximate surface area is 165 Å². The molecule has 2 amide bonds. The largest absolute Gasteiger partial charge is 0.326 e. The average molecular weight is 434 g/mol. The lowest BCUT2D eigenvalue weighted by Gasteiger charge is -2.06. The minimum absolute atomic E-state index is 0.132. The number of hydrazone groups is 1. The summed E-state index contributed by atoms with van der Waals surface area (Å²) in [7, 11) is 0. The molecule has 0 fully saturated rings. The Morgan fingerprint density at radius 3 is 2.62 bits per heavy atom. The van der Waals surface area contributed by atoms with Crippen LogP contribution in [0.1, 0.15) is 25.0 Å². The highest BCUT2D eigenvalue weighted by Crippen LogP contribution is 2.21. The van der Waals surface area contributed by atoms with Gasteiger partial charge in [0.05, 0.1) is 11.5 Å². The summed E-state index contributed by atoms with van der Waals surface area (Å²) < 4.78 is 1.04. The predicted octanol–water partition coefficient (Wildman–Crippen LogP) is 4.18. The molecule has 5 nitrogen and oxygen atoms in total. The smallest absolute Gasteiger partial charge is 0.250 e. The van der Waals surface area contributed by atoms with E-state index in [9.17, 15) is 9.59 Å². The predicted molar refractivity (Wildman–Crippen MR) is 111 cm³/mol. The monoisotopic (exact) mass is 433 g/mol. The van der Waals surface area contributed by atoms with Gasteiger partial charge in [-0.05, 0) is 36.2 Å². The van der Waals surface area contributed by atoms with Crippen molar-refractivity contribution in [3.05, 3.63) is 64.1 Å². The van der Waals surface area contributed by atoms with E-state index in [1.54, 1.807) is 13.0 Å². The van der Waals surface area contributed by atoms with Crippen molar-refractivity contribution in [1.82, 2.24) is 5.43 Å². The summed E-state index contributed by atoms with van der Waals surface area (Å²) in [6, 6.07) is 15.3. The van der Waals surface area contributed by atoms with Crippen LogP contribution in [-0.4, -0.2) is 23.3 Å². The first kappa shape index (κ1) is 20.2. The topological polar surface area (TPSA) is 70.6 Å². The van der Waals surface area contributed by atoms with Gasteiger partial charge >= 0.3 is 0 Å². The molecule has 2 aromatic rings. The normalized spacial score (nSPS) is 11.1. The third-order valence-corrected chi connectivity index (χ3v) is 5.15. The Morgan fingerprint density at radius 1 is 1.12 bits per heavy atom. The van der Waals surface area contributed by atoms with Crippen molar-refractivity contribution in [3.8, 4) is 0 Å². The van der Waals surface area contributed by atoms with Crippen LogP contribution in [0, 0.1) is 0 Å². The Bertz CT molecular complexity index is 824. The molecular formula is C19H20BrN3O2S. The Balaban J connectivity index is 1.85. The van der Waals surface area contributed by atoms with Crippen LogP contribution in [0.25, 0.3) is 0 Å². The molecule has 0 aromatic heterocycles. The number of carbonyl (C=O) groups is 2. The lowest BCUT2D eigenvalue weighted by molar-refractivity contribution is -0.118. The molecule has 2 rings (SSSR count). The summed E-state index contributed by atoms with van der Waals surface area (Å²) in [6.07, 6.45) is 0. The van der Waals surface area contributed by atoms with Gasteiger partial charge in [0.2, 0.25) is 11.8 Å². The van der Waals surface area contributed by atoms with Crippen LogP contribution in [0.4, 0.5) is 5.69 Å². The first-order chi connectivity index (χ1) is 12.5. The fourth-order valence-corrected chi connectivity index (χ4v) is 3.57. The van der Waals surface area contributed by atoms with E-state index in [1.807, 2.05) is 42.5 Å². The first-order valence-electron chi connectivity index (χ1n) is 7.98. The molecule has 7 heteroatoms. The first-order valence-corrected chi connectivity index (χ1v) is 9.93. The molecule has 0 unspecified atom stereocenters. The van der Waals surface area contributed by atoms with E-state index in [2.05, 4.69) is 31.8 Å². The summed E-state index contributed by atoms with van der Waals surface area (Å²) >= 11 is 5.02. The summed E-state index contributed by atoms with van der Waals surface area (Å²) in [5, 5.41) is 6.86. The quantitative estimate of drug-likeness (QED) is 0.508. The minimum Gasteiger partial charge on any atom is -0.326 e. The molecule has 0 aliphatic carbocycles. The molecule has 0 aliphatic heterocycles. The summed E-state index contributed by atoms with van der Waals surface area (Å²) in [4.78, 5) is 23.1. The maximum atomic E-state index is 12.0. The van der Waals surface area contributed by atoms with Gasteiger partial charge in [0.15, 0.2) is 0 Å². The molecular weight excluding hydrogens is 414 g/mol. The second-order valence-corrected chi connectivity index (χ2v) is 7.42. The van der Waals surface area contributed by atoms with Gasteiger partial charge < -0.3 is 5.32 Å². The van der Waals surface area contributed by atoms with Gasteiger partial charge in [-0.25, -0.2) is 5.43 Å². The van der Waals surface area contributed by atoms with Gasteiger partial charge in [0.25, 0.3) is 0 Å². The van der Waals surface area contributed by atoms with Crippen molar-refractivity contribution >= 4 is 50.9 Å². The molecule has 0 spiro atoms. The molecule has 0 heterocycles.